The molecule has 0 amide bonds. The van der Waals surface area contributed by atoms with Gasteiger partial charge in [-0.1, -0.05) is 41.0 Å². The second-order valence-corrected chi connectivity index (χ2v) is 8.98. The highest BCUT2D eigenvalue weighted by molar-refractivity contribution is 6.30. The molecule has 1 atom stereocenters. The summed E-state index contributed by atoms with van der Waals surface area (Å²) in [5.41, 5.74) is 6.90. The van der Waals surface area contributed by atoms with E-state index in [0.717, 1.165) is 31.2 Å². The summed E-state index contributed by atoms with van der Waals surface area (Å²) >= 11 is 5.93. The van der Waals surface area contributed by atoms with Crippen molar-refractivity contribution in [3.8, 4) is 0 Å². The van der Waals surface area contributed by atoms with Crippen LogP contribution in [0.15, 0.2) is 64.4 Å². The van der Waals surface area contributed by atoms with Gasteiger partial charge in [0, 0.05) is 23.6 Å². The fraction of sp³-hybridized carbons (Fsp3) is 0.346. The van der Waals surface area contributed by atoms with Crippen LogP contribution >= 0.6 is 11.6 Å². The Morgan fingerprint density at radius 2 is 1.81 bits per heavy atom. The first-order valence-electron chi connectivity index (χ1n) is 10.9. The van der Waals surface area contributed by atoms with Gasteiger partial charge in [0.05, 0.1) is 0 Å². The molecule has 1 saturated carbocycles. The minimum Gasteiger partial charge on any atom is -0.334 e. The van der Waals surface area contributed by atoms with Crippen LogP contribution in [-0.2, 0) is 6.42 Å². The summed E-state index contributed by atoms with van der Waals surface area (Å²) in [7, 11) is 4.19. The Kier molecular flexibility index (Phi) is 7.21. The van der Waals surface area contributed by atoms with Crippen molar-refractivity contribution < 1.29 is 8.91 Å². The molecule has 4 rings (SSSR count). The standard InChI is InChI=1S/C26H27ClFN3O/c1-31(2)26(21-10-14-23(28)15-11-21)20-8-3-18(4-9-20)7-16-25-29-24(30-32-25)17-19-5-12-22(27)13-6-19/h5-6,10-16,20,26H,3-4,8-9,17H2,1-2H3. The second-order valence-electron chi connectivity index (χ2n) is 8.54. The zero-order chi connectivity index (χ0) is 22.5. The Hall–Kier alpha value is -2.72. The first-order chi connectivity index (χ1) is 15.5. The number of benzene rings is 2. The largest absolute Gasteiger partial charge is 0.334 e. The van der Waals surface area contributed by atoms with Gasteiger partial charge in [-0.05, 0) is 86.7 Å². The van der Waals surface area contributed by atoms with Crippen LogP contribution in [0.2, 0.25) is 5.02 Å². The molecule has 6 heteroatoms. The fourth-order valence-corrected chi connectivity index (χ4v) is 4.57. The topological polar surface area (TPSA) is 42.2 Å². The first-order valence-corrected chi connectivity index (χ1v) is 11.3. The molecule has 0 N–H and O–H groups in total. The minimum atomic E-state index is -0.192. The third-order valence-corrected chi connectivity index (χ3v) is 6.26. The molecule has 0 saturated heterocycles. The van der Waals surface area contributed by atoms with Crippen LogP contribution in [0.5, 0.6) is 0 Å². The molecule has 1 unspecified atom stereocenters. The Balaban J connectivity index is 1.38. The van der Waals surface area contributed by atoms with Crippen molar-refractivity contribution in [1.29, 1.82) is 0 Å². The number of nitrogens with zero attached hydrogens (tertiary/aromatic N) is 3. The van der Waals surface area contributed by atoms with Gasteiger partial charge in [0.15, 0.2) is 5.82 Å². The van der Waals surface area contributed by atoms with Gasteiger partial charge < -0.3 is 9.42 Å². The lowest BCUT2D eigenvalue weighted by Crippen LogP contribution is -2.29. The van der Waals surface area contributed by atoms with E-state index in [1.807, 2.05) is 36.4 Å². The maximum absolute atomic E-state index is 13.3. The predicted octanol–water partition coefficient (Wildman–Crippen LogP) is 6.48. The molecular formula is C26H27ClFN3O. The lowest BCUT2D eigenvalue weighted by atomic mass is 9.79. The zero-order valence-electron chi connectivity index (χ0n) is 18.4. The van der Waals surface area contributed by atoms with Crippen LogP contribution in [0.1, 0.15) is 54.6 Å². The maximum Gasteiger partial charge on any atom is 0.258 e. The van der Waals surface area contributed by atoms with E-state index in [0.29, 0.717) is 29.1 Å². The lowest BCUT2D eigenvalue weighted by molar-refractivity contribution is 0.183. The highest BCUT2D eigenvalue weighted by Crippen LogP contribution is 2.38. The molecule has 1 aliphatic carbocycles. The number of hydrogen-bond acceptors (Lipinski definition) is 4. The zero-order valence-corrected chi connectivity index (χ0v) is 19.1. The third kappa shape index (κ3) is 5.74. The van der Waals surface area contributed by atoms with Crippen molar-refractivity contribution in [3.63, 3.8) is 0 Å². The van der Waals surface area contributed by atoms with Crippen LogP contribution in [0.25, 0.3) is 6.08 Å². The van der Waals surface area contributed by atoms with Gasteiger partial charge in [-0.3, -0.25) is 0 Å². The average Bonchev–Trinajstić information content (AvgIpc) is 3.23. The van der Waals surface area contributed by atoms with Crippen molar-refractivity contribution in [3.05, 3.63) is 93.5 Å². The van der Waals surface area contributed by atoms with Gasteiger partial charge in [-0.25, -0.2) is 4.39 Å². The van der Waals surface area contributed by atoms with E-state index in [9.17, 15) is 4.39 Å². The van der Waals surface area contributed by atoms with E-state index >= 15 is 0 Å². The lowest BCUT2D eigenvalue weighted by Gasteiger charge is -2.35. The summed E-state index contributed by atoms with van der Waals surface area (Å²) in [4.78, 5) is 6.69. The molecule has 1 fully saturated rings. The van der Waals surface area contributed by atoms with E-state index in [1.165, 1.54) is 11.1 Å². The molecule has 0 spiro atoms. The van der Waals surface area contributed by atoms with Crippen LogP contribution in [0, 0.1) is 11.7 Å². The molecule has 1 aromatic heterocycles. The van der Waals surface area contributed by atoms with Gasteiger partial charge >= 0.3 is 0 Å². The van der Waals surface area contributed by atoms with Crippen molar-refractivity contribution >= 4 is 17.7 Å². The smallest absolute Gasteiger partial charge is 0.258 e. The number of hydrogen-bond donors (Lipinski definition) is 0. The van der Waals surface area contributed by atoms with Crippen molar-refractivity contribution in [2.75, 3.05) is 14.1 Å². The van der Waals surface area contributed by atoms with Gasteiger partial charge in [0.1, 0.15) is 5.82 Å². The quantitative estimate of drug-likeness (QED) is 0.402. The summed E-state index contributed by atoms with van der Waals surface area (Å²) in [6.45, 7) is 0. The molecule has 2 aromatic carbocycles. The normalized spacial score (nSPS) is 17.3. The summed E-state index contributed by atoms with van der Waals surface area (Å²) in [6.07, 6.45) is 6.50. The minimum absolute atomic E-state index is 0.192. The highest BCUT2D eigenvalue weighted by Gasteiger charge is 2.28. The molecule has 166 valence electrons. The molecular weight excluding hydrogens is 425 g/mol. The van der Waals surface area contributed by atoms with Gasteiger partial charge in [-0.2, -0.15) is 4.98 Å². The molecule has 3 aromatic rings. The number of allylic oxidation sites excluding steroid dienone is 1. The summed E-state index contributed by atoms with van der Waals surface area (Å²) in [5.74, 6) is 1.45. The number of aromatic nitrogens is 2. The van der Waals surface area contributed by atoms with Crippen molar-refractivity contribution in [2.24, 2.45) is 5.92 Å². The fourth-order valence-electron chi connectivity index (χ4n) is 4.45. The number of halogens is 2. The third-order valence-electron chi connectivity index (χ3n) is 6.01. The monoisotopic (exact) mass is 451 g/mol. The Bertz CT molecular complexity index is 1090. The molecule has 1 heterocycles. The highest BCUT2D eigenvalue weighted by atomic mass is 35.5. The van der Waals surface area contributed by atoms with E-state index in [4.69, 9.17) is 16.1 Å². The molecule has 32 heavy (non-hydrogen) atoms. The Labute approximate surface area is 193 Å². The molecule has 0 bridgehead atoms. The van der Waals surface area contributed by atoms with E-state index < -0.39 is 0 Å². The van der Waals surface area contributed by atoms with Gasteiger partial charge in [0.2, 0.25) is 0 Å². The van der Waals surface area contributed by atoms with Crippen molar-refractivity contribution in [1.82, 2.24) is 15.0 Å². The van der Waals surface area contributed by atoms with Crippen LogP contribution in [0.3, 0.4) is 0 Å². The van der Waals surface area contributed by atoms with Crippen LogP contribution < -0.4 is 0 Å². The first kappa shape index (κ1) is 22.5. The van der Waals surface area contributed by atoms with E-state index in [-0.39, 0.29) is 11.9 Å². The molecule has 0 aliphatic heterocycles. The average molecular weight is 452 g/mol. The van der Waals surface area contributed by atoms with Crippen molar-refractivity contribution in [2.45, 2.75) is 38.1 Å². The Morgan fingerprint density at radius 1 is 1.12 bits per heavy atom. The van der Waals surface area contributed by atoms with Gasteiger partial charge in [-0.15, -0.1) is 5.73 Å². The van der Waals surface area contributed by atoms with Gasteiger partial charge in [0.25, 0.3) is 5.89 Å². The molecule has 4 nitrogen and oxygen atoms in total. The maximum atomic E-state index is 13.3. The molecule has 1 aliphatic rings. The second kappa shape index (κ2) is 10.3. The number of rotatable bonds is 6. The Morgan fingerprint density at radius 3 is 2.47 bits per heavy atom. The predicted molar refractivity (Wildman–Crippen MR) is 125 cm³/mol. The van der Waals surface area contributed by atoms with E-state index in [2.05, 4.69) is 34.9 Å². The molecule has 0 radical (unpaired) electrons. The van der Waals surface area contributed by atoms with Crippen LogP contribution in [0.4, 0.5) is 4.39 Å². The van der Waals surface area contributed by atoms with Crippen LogP contribution in [-0.4, -0.2) is 29.1 Å². The summed E-state index contributed by atoms with van der Waals surface area (Å²) in [6, 6.07) is 14.8. The SMILES string of the molecule is CN(C)C(c1ccc(F)cc1)C1CCC(=C=Cc2nc(Cc3ccc(Cl)cc3)no2)CC1. The van der Waals surface area contributed by atoms with E-state index in [1.54, 1.807) is 18.2 Å². The summed E-state index contributed by atoms with van der Waals surface area (Å²) in [5, 5.41) is 4.77. The summed E-state index contributed by atoms with van der Waals surface area (Å²) < 4.78 is 18.7.